The average Bonchev–Trinajstić information content (AvgIpc) is 3.21. The summed E-state index contributed by atoms with van der Waals surface area (Å²) in [5, 5.41) is 23.5. The maximum atomic E-state index is 10.5. The number of phenols is 1. The Hall–Kier alpha value is -2.93. The molecule has 1 N–H and O–H groups in total. The van der Waals surface area contributed by atoms with Gasteiger partial charge >= 0.3 is 0 Å². The van der Waals surface area contributed by atoms with Gasteiger partial charge < -0.3 is 9.84 Å². The average molecular weight is 420 g/mol. The van der Waals surface area contributed by atoms with Crippen molar-refractivity contribution in [3.63, 3.8) is 0 Å². The molecule has 4 atom stereocenters. The third kappa shape index (κ3) is 3.57. The predicted molar refractivity (Wildman–Crippen MR) is 118 cm³/mol. The zero-order valence-corrected chi connectivity index (χ0v) is 18.5. The highest BCUT2D eigenvalue weighted by Gasteiger charge is 2.51. The number of fused-ring (bicyclic) bond motifs is 2. The second-order valence-electron chi connectivity index (χ2n) is 9.40. The molecule has 5 rings (SSSR count). The molecule has 0 aliphatic carbocycles. The van der Waals surface area contributed by atoms with Crippen LogP contribution in [0.5, 0.6) is 11.6 Å². The van der Waals surface area contributed by atoms with E-state index in [4.69, 9.17) is 4.74 Å². The summed E-state index contributed by atoms with van der Waals surface area (Å²) < 4.78 is 7.96. The van der Waals surface area contributed by atoms with Gasteiger partial charge in [0.2, 0.25) is 5.88 Å². The molecule has 162 valence electrons. The van der Waals surface area contributed by atoms with Crippen LogP contribution in [0.15, 0.2) is 42.6 Å². The van der Waals surface area contributed by atoms with E-state index < -0.39 is 0 Å². The molecule has 4 unspecified atom stereocenters. The van der Waals surface area contributed by atoms with Crippen molar-refractivity contribution in [2.24, 2.45) is 5.92 Å². The Morgan fingerprint density at radius 2 is 1.97 bits per heavy atom. The number of aromatic nitrogens is 4. The maximum absolute atomic E-state index is 10.5. The highest BCUT2D eigenvalue weighted by molar-refractivity contribution is 5.68. The lowest BCUT2D eigenvalue weighted by Crippen LogP contribution is -2.51. The van der Waals surface area contributed by atoms with Crippen LogP contribution in [0.1, 0.15) is 38.8 Å². The lowest BCUT2D eigenvalue weighted by atomic mass is 9.89. The predicted octanol–water partition coefficient (Wildman–Crippen LogP) is 3.98. The topological polar surface area (TPSA) is 76.3 Å². The first kappa shape index (κ1) is 20.0. The Bertz CT molecular complexity index is 1100. The monoisotopic (exact) mass is 419 g/mol. The van der Waals surface area contributed by atoms with Gasteiger partial charge in [-0.1, -0.05) is 6.92 Å². The number of phenolic OH excluding ortho intramolecular Hbond substituents is 1. The Morgan fingerprint density at radius 3 is 2.61 bits per heavy atom. The first-order chi connectivity index (χ1) is 14.8. The fraction of sp³-hybridized carbons (Fsp3) is 0.458. The Morgan fingerprint density at radius 1 is 1.13 bits per heavy atom. The molecule has 2 aromatic heterocycles. The lowest BCUT2D eigenvalue weighted by molar-refractivity contribution is 0.0128. The number of aromatic hydroxyl groups is 1. The van der Waals surface area contributed by atoms with E-state index >= 15 is 0 Å². The molecule has 31 heavy (non-hydrogen) atoms. The van der Waals surface area contributed by atoms with Gasteiger partial charge in [0.15, 0.2) is 0 Å². The molecule has 0 spiro atoms. The van der Waals surface area contributed by atoms with Gasteiger partial charge in [-0.05, 0) is 57.5 Å². The number of benzene rings is 1. The third-order valence-electron chi connectivity index (χ3n) is 7.11. The summed E-state index contributed by atoms with van der Waals surface area (Å²) in [4.78, 5) is 2.53. The molecule has 2 aliphatic heterocycles. The largest absolute Gasteiger partial charge is 0.507 e. The van der Waals surface area contributed by atoms with Gasteiger partial charge in [-0.3, -0.25) is 4.90 Å². The van der Waals surface area contributed by atoms with Crippen LogP contribution in [0.25, 0.3) is 16.9 Å². The van der Waals surface area contributed by atoms with Gasteiger partial charge in [-0.15, -0.1) is 10.2 Å². The van der Waals surface area contributed by atoms with Crippen LogP contribution >= 0.6 is 0 Å². The van der Waals surface area contributed by atoms with E-state index in [1.54, 1.807) is 10.7 Å². The van der Waals surface area contributed by atoms with Gasteiger partial charge in [0.1, 0.15) is 11.9 Å². The minimum atomic E-state index is 0.141. The molecule has 3 aromatic rings. The zero-order valence-electron chi connectivity index (χ0n) is 18.5. The fourth-order valence-corrected chi connectivity index (χ4v) is 5.44. The Balaban J connectivity index is 1.31. The van der Waals surface area contributed by atoms with E-state index in [1.165, 1.54) is 6.42 Å². The fourth-order valence-electron chi connectivity index (χ4n) is 5.44. The molecule has 1 aromatic carbocycles. The molecule has 2 bridgehead atoms. The highest BCUT2D eigenvalue weighted by Crippen LogP contribution is 2.46. The van der Waals surface area contributed by atoms with E-state index in [9.17, 15) is 5.11 Å². The van der Waals surface area contributed by atoms with Gasteiger partial charge in [0.25, 0.3) is 0 Å². The first-order valence-corrected chi connectivity index (χ1v) is 10.9. The summed E-state index contributed by atoms with van der Waals surface area (Å²) in [7, 11) is 2.24. The number of hydrogen-bond donors (Lipinski definition) is 1. The molecular weight excluding hydrogens is 390 g/mol. The molecule has 0 radical (unpaired) electrons. The Kier molecular flexibility index (Phi) is 4.73. The number of nitrogens with zero attached hydrogens (tertiary/aromatic N) is 5. The number of hydrogen-bond acceptors (Lipinski definition) is 6. The van der Waals surface area contributed by atoms with E-state index in [1.807, 2.05) is 43.5 Å². The Labute approximate surface area is 182 Å². The van der Waals surface area contributed by atoms with Crippen molar-refractivity contribution in [1.82, 2.24) is 24.9 Å². The molecule has 2 aliphatic rings. The molecule has 2 fully saturated rings. The standard InChI is InChI=1S/C24H29N5O2/c1-15-13-24(3)14-18(12-21(15)28(24)4)31-23-8-7-20(25-26-23)19-6-5-17(11-22(19)30)29-10-9-16(2)27-29/h5-11,15,18,21,30H,12-14H2,1-4H3. The van der Waals surface area contributed by atoms with Crippen LogP contribution in [-0.4, -0.2) is 54.7 Å². The van der Waals surface area contributed by atoms with Gasteiger partial charge in [0.05, 0.1) is 17.1 Å². The smallest absolute Gasteiger partial charge is 0.233 e. The molecule has 7 heteroatoms. The molecule has 4 heterocycles. The SMILES string of the molecule is Cc1ccn(-c2ccc(-c3ccc(OC4CC5C(C)CC(C)(C4)N5C)nn3)c(O)c2)n1. The summed E-state index contributed by atoms with van der Waals surface area (Å²) in [6.45, 7) is 6.61. The first-order valence-electron chi connectivity index (χ1n) is 10.9. The summed E-state index contributed by atoms with van der Waals surface area (Å²) in [5.74, 6) is 1.37. The van der Waals surface area contributed by atoms with Crippen LogP contribution < -0.4 is 4.74 Å². The van der Waals surface area contributed by atoms with Crippen molar-refractivity contribution in [3.05, 3.63) is 48.3 Å². The minimum absolute atomic E-state index is 0.141. The van der Waals surface area contributed by atoms with E-state index in [0.717, 1.165) is 24.2 Å². The lowest BCUT2D eigenvalue weighted by Gasteiger charge is -2.43. The van der Waals surface area contributed by atoms with Crippen LogP contribution in [0.2, 0.25) is 0 Å². The van der Waals surface area contributed by atoms with Crippen LogP contribution in [0, 0.1) is 12.8 Å². The molecule has 7 nitrogen and oxygen atoms in total. The maximum Gasteiger partial charge on any atom is 0.233 e. The molecular formula is C24H29N5O2. The van der Waals surface area contributed by atoms with Gasteiger partial charge in [0, 0.05) is 48.3 Å². The second-order valence-corrected chi connectivity index (χ2v) is 9.40. The van der Waals surface area contributed by atoms with Crippen molar-refractivity contribution >= 4 is 0 Å². The number of ether oxygens (including phenoxy) is 1. The summed E-state index contributed by atoms with van der Waals surface area (Å²) in [6, 6.07) is 11.6. The summed E-state index contributed by atoms with van der Waals surface area (Å²) >= 11 is 0. The third-order valence-corrected chi connectivity index (χ3v) is 7.11. The van der Waals surface area contributed by atoms with E-state index in [-0.39, 0.29) is 17.4 Å². The van der Waals surface area contributed by atoms with Gasteiger partial charge in [-0.2, -0.15) is 5.10 Å². The molecule has 0 amide bonds. The van der Waals surface area contributed by atoms with Crippen molar-refractivity contribution in [1.29, 1.82) is 0 Å². The number of aryl methyl sites for hydroxylation is 1. The van der Waals surface area contributed by atoms with Crippen LogP contribution in [-0.2, 0) is 0 Å². The van der Waals surface area contributed by atoms with Gasteiger partial charge in [-0.25, -0.2) is 4.68 Å². The van der Waals surface area contributed by atoms with Crippen LogP contribution in [0.4, 0.5) is 0 Å². The van der Waals surface area contributed by atoms with Crippen molar-refractivity contribution < 1.29 is 9.84 Å². The van der Waals surface area contributed by atoms with E-state index in [0.29, 0.717) is 29.1 Å². The number of rotatable bonds is 4. The quantitative estimate of drug-likeness (QED) is 0.689. The normalized spacial score (nSPS) is 28.1. The highest BCUT2D eigenvalue weighted by atomic mass is 16.5. The number of piperidine rings is 1. The van der Waals surface area contributed by atoms with Crippen molar-refractivity contribution in [3.8, 4) is 28.6 Å². The molecule has 2 saturated heterocycles. The zero-order chi connectivity index (χ0) is 21.8. The van der Waals surface area contributed by atoms with Crippen molar-refractivity contribution in [2.45, 2.75) is 57.7 Å². The minimum Gasteiger partial charge on any atom is -0.507 e. The van der Waals surface area contributed by atoms with E-state index in [2.05, 4.69) is 41.1 Å². The van der Waals surface area contributed by atoms with Crippen molar-refractivity contribution in [2.75, 3.05) is 7.05 Å². The molecule has 0 saturated carbocycles. The summed E-state index contributed by atoms with van der Waals surface area (Å²) in [5.41, 5.74) is 3.15. The summed E-state index contributed by atoms with van der Waals surface area (Å²) in [6.07, 6.45) is 5.26. The van der Waals surface area contributed by atoms with Crippen LogP contribution in [0.3, 0.4) is 0 Å². The second kappa shape index (κ2) is 7.34.